The fourth-order valence-corrected chi connectivity index (χ4v) is 1.24. The zero-order valence-corrected chi connectivity index (χ0v) is 9.21. The maximum absolute atomic E-state index is 8.63. The van der Waals surface area contributed by atoms with E-state index < -0.39 is 0 Å². The first-order chi connectivity index (χ1) is 7.83. The Bertz CT molecular complexity index is 372. The van der Waals surface area contributed by atoms with Gasteiger partial charge in [-0.25, -0.2) is 0 Å². The molecule has 0 radical (unpaired) electrons. The molecule has 2 aromatic carbocycles. The molecule has 3 N–H and O–H groups in total. The van der Waals surface area contributed by atoms with Crippen molar-refractivity contribution in [1.82, 2.24) is 0 Å². The summed E-state index contributed by atoms with van der Waals surface area (Å²) in [4.78, 5) is 0. The van der Waals surface area contributed by atoms with E-state index in [0.717, 1.165) is 13.0 Å². The number of benzene rings is 2. The Morgan fingerprint density at radius 2 is 1.31 bits per heavy atom. The minimum Gasteiger partial charge on any atom is -0.508 e. The van der Waals surface area contributed by atoms with E-state index in [4.69, 9.17) is 10.8 Å². The molecule has 0 atom stereocenters. The van der Waals surface area contributed by atoms with Gasteiger partial charge < -0.3 is 10.8 Å². The number of nitrogens with two attached hydrogens (primary N) is 1. The fourth-order valence-electron chi connectivity index (χ4n) is 1.24. The second kappa shape index (κ2) is 7.49. The Morgan fingerprint density at radius 3 is 1.69 bits per heavy atom. The van der Waals surface area contributed by atoms with Crippen LogP contribution < -0.4 is 5.73 Å². The van der Waals surface area contributed by atoms with Gasteiger partial charge in [-0.2, -0.15) is 0 Å². The molecule has 0 unspecified atom stereocenters. The van der Waals surface area contributed by atoms with Crippen LogP contribution in [-0.2, 0) is 6.42 Å². The van der Waals surface area contributed by atoms with Crippen molar-refractivity contribution in [2.75, 3.05) is 6.54 Å². The number of para-hydroxylation sites is 1. The summed E-state index contributed by atoms with van der Waals surface area (Å²) in [5, 5.41) is 8.63. The van der Waals surface area contributed by atoms with Gasteiger partial charge in [0.2, 0.25) is 0 Å². The van der Waals surface area contributed by atoms with E-state index >= 15 is 0 Å². The van der Waals surface area contributed by atoms with Gasteiger partial charge >= 0.3 is 0 Å². The van der Waals surface area contributed by atoms with E-state index in [1.165, 1.54) is 5.56 Å². The van der Waals surface area contributed by atoms with Gasteiger partial charge in [0.1, 0.15) is 5.75 Å². The average Bonchev–Trinajstić information content (AvgIpc) is 2.33. The number of hydrogen-bond donors (Lipinski definition) is 2. The number of hydrogen-bond acceptors (Lipinski definition) is 2. The summed E-state index contributed by atoms with van der Waals surface area (Å²) in [6.07, 6.45) is 0.987. The maximum atomic E-state index is 8.63. The zero-order chi connectivity index (χ0) is 11.6. The van der Waals surface area contributed by atoms with Crippen molar-refractivity contribution in [3.05, 3.63) is 66.2 Å². The first-order valence-electron chi connectivity index (χ1n) is 5.31. The van der Waals surface area contributed by atoms with Crippen LogP contribution in [0.2, 0.25) is 0 Å². The highest BCUT2D eigenvalue weighted by Crippen LogP contribution is 2.02. The zero-order valence-electron chi connectivity index (χ0n) is 9.21. The number of phenolic OH excluding ortho intramolecular Hbond substituents is 1. The Morgan fingerprint density at radius 1 is 0.812 bits per heavy atom. The molecule has 16 heavy (non-hydrogen) atoms. The van der Waals surface area contributed by atoms with Crippen LogP contribution in [-0.4, -0.2) is 11.7 Å². The minimum absolute atomic E-state index is 0.322. The molecule has 0 saturated heterocycles. The van der Waals surface area contributed by atoms with Crippen LogP contribution in [0.1, 0.15) is 5.56 Å². The molecular weight excluding hydrogens is 198 g/mol. The molecular formula is C14H17NO. The predicted molar refractivity (Wildman–Crippen MR) is 67.3 cm³/mol. The first kappa shape index (κ1) is 12.3. The summed E-state index contributed by atoms with van der Waals surface area (Å²) >= 11 is 0. The van der Waals surface area contributed by atoms with Crippen molar-refractivity contribution in [2.24, 2.45) is 5.73 Å². The number of phenols is 1. The van der Waals surface area contributed by atoms with Gasteiger partial charge in [0.15, 0.2) is 0 Å². The van der Waals surface area contributed by atoms with Gasteiger partial charge in [-0.15, -0.1) is 0 Å². The maximum Gasteiger partial charge on any atom is 0.115 e. The lowest BCUT2D eigenvalue weighted by molar-refractivity contribution is 0.475. The third-order valence-electron chi connectivity index (χ3n) is 2.03. The van der Waals surface area contributed by atoms with Crippen LogP contribution in [0.15, 0.2) is 60.7 Å². The van der Waals surface area contributed by atoms with Gasteiger partial charge in [-0.3, -0.25) is 0 Å². The summed E-state index contributed by atoms with van der Waals surface area (Å²) in [5.74, 6) is 0.322. The third kappa shape index (κ3) is 5.17. The summed E-state index contributed by atoms with van der Waals surface area (Å²) < 4.78 is 0. The fraction of sp³-hybridized carbons (Fsp3) is 0.143. The van der Waals surface area contributed by atoms with Crippen molar-refractivity contribution in [1.29, 1.82) is 0 Å². The smallest absolute Gasteiger partial charge is 0.115 e. The second-order valence-corrected chi connectivity index (χ2v) is 3.36. The van der Waals surface area contributed by atoms with E-state index in [2.05, 4.69) is 12.1 Å². The lowest BCUT2D eigenvalue weighted by Gasteiger charge is -1.93. The highest BCUT2D eigenvalue weighted by atomic mass is 16.3. The molecule has 0 aliphatic rings. The van der Waals surface area contributed by atoms with Crippen molar-refractivity contribution in [3.8, 4) is 5.75 Å². The Labute approximate surface area is 96.4 Å². The highest BCUT2D eigenvalue weighted by molar-refractivity contribution is 5.18. The number of aromatic hydroxyl groups is 1. The Hall–Kier alpha value is -1.80. The third-order valence-corrected chi connectivity index (χ3v) is 2.03. The van der Waals surface area contributed by atoms with Crippen LogP contribution in [0.5, 0.6) is 5.75 Å². The molecule has 0 fully saturated rings. The van der Waals surface area contributed by atoms with Crippen LogP contribution >= 0.6 is 0 Å². The monoisotopic (exact) mass is 215 g/mol. The molecule has 0 bridgehead atoms. The highest BCUT2D eigenvalue weighted by Gasteiger charge is 1.84. The normalized spacial score (nSPS) is 9.06. The van der Waals surface area contributed by atoms with Crippen LogP contribution in [0.3, 0.4) is 0 Å². The molecule has 2 heteroatoms. The molecule has 2 rings (SSSR count). The quantitative estimate of drug-likeness (QED) is 0.808. The lowest BCUT2D eigenvalue weighted by atomic mass is 10.2. The van der Waals surface area contributed by atoms with Crippen molar-refractivity contribution < 1.29 is 5.11 Å². The van der Waals surface area contributed by atoms with Gasteiger partial charge in [-0.05, 0) is 30.7 Å². The summed E-state index contributed by atoms with van der Waals surface area (Å²) in [5.41, 5.74) is 6.68. The molecule has 0 spiro atoms. The van der Waals surface area contributed by atoms with E-state index in [1.54, 1.807) is 24.3 Å². The molecule has 2 nitrogen and oxygen atoms in total. The topological polar surface area (TPSA) is 46.2 Å². The predicted octanol–water partition coefficient (Wildman–Crippen LogP) is 2.58. The van der Waals surface area contributed by atoms with Crippen LogP contribution in [0.25, 0.3) is 0 Å². The Balaban J connectivity index is 0.000000165. The SMILES string of the molecule is NCCc1ccccc1.Oc1ccccc1. The molecule has 0 amide bonds. The molecule has 0 aromatic heterocycles. The Kier molecular flexibility index (Phi) is 5.74. The molecule has 2 aromatic rings. The summed E-state index contributed by atoms with van der Waals surface area (Å²) in [7, 11) is 0. The van der Waals surface area contributed by atoms with Crippen molar-refractivity contribution in [2.45, 2.75) is 6.42 Å². The molecule has 0 aliphatic carbocycles. The standard InChI is InChI=1S/C8H11N.C6H6O/c9-7-6-8-4-2-1-3-5-8;7-6-4-2-1-3-5-6/h1-5H,6-7,9H2;1-5,7H. The second-order valence-electron chi connectivity index (χ2n) is 3.36. The van der Waals surface area contributed by atoms with Gasteiger partial charge in [0, 0.05) is 0 Å². The average molecular weight is 215 g/mol. The van der Waals surface area contributed by atoms with Crippen LogP contribution in [0, 0.1) is 0 Å². The van der Waals surface area contributed by atoms with E-state index in [-0.39, 0.29) is 0 Å². The van der Waals surface area contributed by atoms with E-state index in [9.17, 15) is 0 Å². The first-order valence-corrected chi connectivity index (χ1v) is 5.31. The van der Waals surface area contributed by atoms with Crippen LogP contribution in [0.4, 0.5) is 0 Å². The summed E-state index contributed by atoms with van der Waals surface area (Å²) in [6, 6.07) is 19.0. The largest absolute Gasteiger partial charge is 0.508 e. The van der Waals surface area contributed by atoms with Gasteiger partial charge in [0.05, 0.1) is 0 Å². The molecule has 0 aliphatic heterocycles. The van der Waals surface area contributed by atoms with Gasteiger partial charge in [0.25, 0.3) is 0 Å². The molecule has 0 saturated carbocycles. The molecule has 84 valence electrons. The van der Waals surface area contributed by atoms with Crippen molar-refractivity contribution in [3.63, 3.8) is 0 Å². The summed E-state index contributed by atoms with van der Waals surface area (Å²) in [6.45, 7) is 0.740. The lowest BCUT2D eigenvalue weighted by Crippen LogP contribution is -2.01. The molecule has 0 heterocycles. The number of rotatable bonds is 2. The minimum atomic E-state index is 0.322. The van der Waals surface area contributed by atoms with Gasteiger partial charge in [-0.1, -0.05) is 48.5 Å². The van der Waals surface area contributed by atoms with E-state index in [0.29, 0.717) is 5.75 Å². The van der Waals surface area contributed by atoms with E-state index in [1.807, 2.05) is 24.3 Å². The van der Waals surface area contributed by atoms with Crippen molar-refractivity contribution >= 4 is 0 Å².